The first kappa shape index (κ1) is 12.1. The number of benzene rings is 1. The first-order valence-electron chi connectivity index (χ1n) is 5.43. The van der Waals surface area contributed by atoms with Crippen LogP contribution in [-0.2, 0) is 6.18 Å². The number of halogens is 3. The van der Waals surface area contributed by atoms with Gasteiger partial charge in [0.2, 0.25) is 0 Å². The van der Waals surface area contributed by atoms with Crippen LogP contribution in [0.3, 0.4) is 0 Å². The van der Waals surface area contributed by atoms with E-state index in [1.54, 1.807) is 20.2 Å². The van der Waals surface area contributed by atoms with E-state index in [2.05, 4.69) is 0 Å². The smallest absolute Gasteiger partial charge is 0.418 e. The molecule has 1 saturated carbocycles. The van der Waals surface area contributed by atoms with Gasteiger partial charge in [-0.25, -0.2) is 0 Å². The van der Waals surface area contributed by atoms with Gasteiger partial charge >= 0.3 is 6.18 Å². The summed E-state index contributed by atoms with van der Waals surface area (Å²) < 4.78 is 44.0. The minimum atomic E-state index is -4.36. The van der Waals surface area contributed by atoms with E-state index in [-0.39, 0.29) is 11.8 Å². The summed E-state index contributed by atoms with van der Waals surface area (Å²) in [6.45, 7) is 0. The molecule has 0 heterocycles. The molecule has 17 heavy (non-hydrogen) atoms. The Morgan fingerprint density at radius 3 is 2.35 bits per heavy atom. The molecule has 1 fully saturated rings. The van der Waals surface area contributed by atoms with Crippen molar-refractivity contribution in [1.82, 2.24) is 0 Å². The zero-order valence-corrected chi connectivity index (χ0v) is 9.71. The maximum Gasteiger partial charge on any atom is 0.418 e. The molecule has 5 heteroatoms. The molecule has 0 amide bonds. The minimum absolute atomic E-state index is 0.0984. The van der Waals surface area contributed by atoms with Gasteiger partial charge in [-0.1, -0.05) is 0 Å². The van der Waals surface area contributed by atoms with Crippen molar-refractivity contribution in [3.8, 4) is 5.75 Å². The summed E-state index contributed by atoms with van der Waals surface area (Å²) in [7, 11) is 3.18. The van der Waals surface area contributed by atoms with Gasteiger partial charge in [0.15, 0.2) is 0 Å². The van der Waals surface area contributed by atoms with E-state index in [0.717, 1.165) is 18.9 Å². The zero-order chi connectivity index (χ0) is 12.6. The molecule has 0 radical (unpaired) electrons. The van der Waals surface area contributed by atoms with Crippen molar-refractivity contribution in [2.75, 3.05) is 19.0 Å². The van der Waals surface area contributed by atoms with Crippen LogP contribution in [0.2, 0.25) is 0 Å². The number of ether oxygens (including phenoxy) is 1. The lowest BCUT2D eigenvalue weighted by atomic mass is 10.1. The number of hydrogen-bond donors (Lipinski definition) is 0. The lowest BCUT2D eigenvalue weighted by Gasteiger charge is -2.20. The topological polar surface area (TPSA) is 12.5 Å². The Hall–Kier alpha value is -1.39. The molecule has 2 rings (SSSR count). The number of alkyl halides is 3. The third kappa shape index (κ3) is 2.84. The van der Waals surface area contributed by atoms with E-state index in [4.69, 9.17) is 4.74 Å². The standard InChI is InChI=1S/C12H14F3NO/c1-16(2)11-6-5-9(17-8-3-4-8)7-10(11)12(13,14)15/h5-8H,3-4H2,1-2H3. The van der Waals surface area contributed by atoms with Gasteiger partial charge in [0, 0.05) is 19.8 Å². The van der Waals surface area contributed by atoms with Crippen LogP contribution in [0.4, 0.5) is 18.9 Å². The maximum absolute atomic E-state index is 12.9. The average Bonchev–Trinajstić information content (AvgIpc) is 3.00. The van der Waals surface area contributed by atoms with Gasteiger partial charge in [-0.15, -0.1) is 0 Å². The van der Waals surface area contributed by atoms with Gasteiger partial charge in [-0.3, -0.25) is 0 Å². The van der Waals surface area contributed by atoms with Crippen LogP contribution in [0.1, 0.15) is 18.4 Å². The highest BCUT2D eigenvalue weighted by Gasteiger charge is 2.35. The fraction of sp³-hybridized carbons (Fsp3) is 0.500. The fourth-order valence-electron chi connectivity index (χ4n) is 1.58. The molecular weight excluding hydrogens is 231 g/mol. The second-order valence-electron chi connectivity index (χ2n) is 4.39. The first-order valence-corrected chi connectivity index (χ1v) is 5.43. The van der Waals surface area contributed by atoms with Gasteiger partial charge in [0.05, 0.1) is 11.7 Å². The molecule has 1 aliphatic rings. The molecule has 0 spiro atoms. The van der Waals surface area contributed by atoms with Crippen LogP contribution in [0.5, 0.6) is 5.75 Å². The van der Waals surface area contributed by atoms with Crippen LogP contribution in [0.15, 0.2) is 18.2 Å². The predicted octanol–water partition coefficient (Wildman–Crippen LogP) is 3.31. The van der Waals surface area contributed by atoms with Gasteiger partial charge < -0.3 is 9.64 Å². The second-order valence-corrected chi connectivity index (χ2v) is 4.39. The summed E-state index contributed by atoms with van der Waals surface area (Å²) in [6, 6.07) is 4.11. The normalized spacial score (nSPS) is 15.8. The molecule has 0 atom stereocenters. The Morgan fingerprint density at radius 1 is 1.24 bits per heavy atom. The largest absolute Gasteiger partial charge is 0.490 e. The maximum atomic E-state index is 12.9. The van der Waals surface area contributed by atoms with Crippen molar-refractivity contribution in [3.63, 3.8) is 0 Å². The summed E-state index contributed by atoms with van der Waals surface area (Å²) in [5.74, 6) is 0.297. The Bertz CT molecular complexity index is 411. The van der Waals surface area contributed by atoms with Crippen LogP contribution in [0, 0.1) is 0 Å². The van der Waals surface area contributed by atoms with Gasteiger partial charge in [0.25, 0.3) is 0 Å². The average molecular weight is 245 g/mol. The molecule has 1 aromatic carbocycles. The van der Waals surface area contributed by atoms with Crippen LogP contribution in [0.25, 0.3) is 0 Å². The summed E-state index contributed by atoms with van der Waals surface area (Å²) in [6.07, 6.45) is -2.41. The molecule has 0 aromatic heterocycles. The summed E-state index contributed by atoms with van der Waals surface area (Å²) >= 11 is 0. The zero-order valence-electron chi connectivity index (χ0n) is 9.71. The van der Waals surface area contributed by atoms with Crippen molar-refractivity contribution in [2.45, 2.75) is 25.1 Å². The van der Waals surface area contributed by atoms with Gasteiger partial charge in [-0.05, 0) is 31.0 Å². The van der Waals surface area contributed by atoms with Crippen molar-refractivity contribution in [3.05, 3.63) is 23.8 Å². The molecule has 1 aliphatic carbocycles. The molecule has 0 N–H and O–H groups in total. The summed E-state index contributed by atoms with van der Waals surface area (Å²) in [4.78, 5) is 1.45. The van der Waals surface area contributed by atoms with Crippen LogP contribution >= 0.6 is 0 Å². The van der Waals surface area contributed by atoms with E-state index >= 15 is 0 Å². The Balaban J connectivity index is 2.34. The van der Waals surface area contributed by atoms with Crippen molar-refractivity contribution in [2.24, 2.45) is 0 Å². The van der Waals surface area contributed by atoms with Gasteiger partial charge in [-0.2, -0.15) is 13.2 Å². The lowest BCUT2D eigenvalue weighted by molar-refractivity contribution is -0.137. The van der Waals surface area contributed by atoms with E-state index in [0.29, 0.717) is 5.75 Å². The number of anilines is 1. The Labute approximate surface area is 98.0 Å². The van der Waals surface area contributed by atoms with Crippen molar-refractivity contribution < 1.29 is 17.9 Å². The van der Waals surface area contributed by atoms with E-state index in [1.165, 1.54) is 11.0 Å². The molecule has 0 aliphatic heterocycles. The third-order valence-electron chi connectivity index (χ3n) is 2.58. The Morgan fingerprint density at radius 2 is 1.88 bits per heavy atom. The van der Waals surface area contributed by atoms with Crippen molar-refractivity contribution >= 4 is 5.69 Å². The van der Waals surface area contributed by atoms with E-state index in [9.17, 15) is 13.2 Å². The summed E-state index contributed by atoms with van der Waals surface area (Å²) in [5, 5.41) is 0. The van der Waals surface area contributed by atoms with Gasteiger partial charge in [0.1, 0.15) is 5.75 Å². The first-order chi connectivity index (χ1) is 7.88. The number of hydrogen-bond acceptors (Lipinski definition) is 2. The lowest BCUT2D eigenvalue weighted by Crippen LogP contribution is -2.16. The number of rotatable bonds is 3. The highest BCUT2D eigenvalue weighted by Crippen LogP contribution is 2.39. The fourth-order valence-corrected chi connectivity index (χ4v) is 1.58. The molecule has 1 aromatic rings. The molecular formula is C12H14F3NO. The van der Waals surface area contributed by atoms with E-state index in [1.807, 2.05) is 0 Å². The van der Waals surface area contributed by atoms with Crippen LogP contribution in [-0.4, -0.2) is 20.2 Å². The Kier molecular flexibility index (Phi) is 2.93. The van der Waals surface area contributed by atoms with Crippen molar-refractivity contribution in [1.29, 1.82) is 0 Å². The SMILES string of the molecule is CN(C)c1ccc(OC2CC2)cc1C(F)(F)F. The molecule has 2 nitrogen and oxygen atoms in total. The highest BCUT2D eigenvalue weighted by molar-refractivity contribution is 5.56. The highest BCUT2D eigenvalue weighted by atomic mass is 19.4. The quantitative estimate of drug-likeness (QED) is 0.810. The predicted molar refractivity (Wildman–Crippen MR) is 59.4 cm³/mol. The minimum Gasteiger partial charge on any atom is -0.490 e. The summed E-state index contributed by atoms with van der Waals surface area (Å²) in [5.41, 5.74) is -0.499. The molecule has 0 saturated heterocycles. The molecule has 94 valence electrons. The molecule has 0 unspecified atom stereocenters. The monoisotopic (exact) mass is 245 g/mol. The number of nitrogens with zero attached hydrogens (tertiary/aromatic N) is 1. The van der Waals surface area contributed by atoms with E-state index < -0.39 is 11.7 Å². The second kappa shape index (κ2) is 4.13. The third-order valence-corrected chi connectivity index (χ3v) is 2.58. The van der Waals surface area contributed by atoms with Crippen LogP contribution < -0.4 is 9.64 Å². The molecule has 0 bridgehead atoms.